The molecule has 4 aromatic heterocycles. The number of H-pyrrole nitrogens is 1. The molecule has 2 saturated heterocycles. The van der Waals surface area contributed by atoms with Gasteiger partial charge in [-0.15, -0.1) is 0 Å². The number of aliphatic hydroxyl groups is 2. The van der Waals surface area contributed by atoms with Crippen LogP contribution in [0.5, 0.6) is 0 Å². The number of piperidine rings is 1. The number of nitrogens with two attached hydrogens (primary N) is 1. The van der Waals surface area contributed by atoms with Crippen LogP contribution < -0.4 is 5.73 Å². The fraction of sp³-hybridized carbons (Fsp3) is 0.676. The van der Waals surface area contributed by atoms with Gasteiger partial charge in [0, 0.05) is 135 Å². The van der Waals surface area contributed by atoms with Crippen molar-refractivity contribution in [1.29, 1.82) is 0 Å². The first kappa shape index (κ1) is 113. The number of nitrogen functional groups attached to an aromatic ring is 1. The smallest absolute Gasteiger partial charge is 0.329 e. The van der Waals surface area contributed by atoms with Gasteiger partial charge in [-0.25, -0.2) is 24.4 Å². The van der Waals surface area contributed by atoms with Crippen molar-refractivity contribution in [3.63, 3.8) is 0 Å². The summed E-state index contributed by atoms with van der Waals surface area (Å²) in [6.07, 6.45) is 20.0. The number of hydrogen-bond acceptors (Lipinski definition) is 30. The van der Waals surface area contributed by atoms with E-state index in [2.05, 4.69) is 45.1 Å². The lowest BCUT2D eigenvalue weighted by molar-refractivity contribution is -0.265. The predicted molar refractivity (Wildman–Crippen MR) is 513 cm³/mol. The molecule has 4 aliphatic heterocycles. The number of nitrogens with one attached hydrogen (secondary N) is 1. The number of aromatic nitrogens is 6. The number of ketones is 3. The SMILES string of the molecule is CCCOCCCC(=O)O[C@@H]1CC[C@@H](C[C@@H](C)[C@@H]2CC(=O)[C@H](C)/C=C(\C)[C@@H](O)[C@@H](OC)C(=O)[C@H](C)C[C@H](C)/C=C/C=C/C=C(\C)[C@@H](OC)C[C@@H]3CC[C@@H](C)[C@@](O)(O3)C(=O)C(=O)N3CCCC[C@H]3C(=O)O2)C[C@H]1OC.CCCOCCOCCC(=O)N1CCc2cc(Cn3nc(-c4cnc5[nH]ccc5c4)c4c(N)ncnc43)ccc2C1.COCCOCCOCCOCCOCCOCCOC. The second kappa shape index (κ2) is 61.1. The number of Topliss-reactive ketones (excluding diaryl/α,β-unsaturated/α-hetero) is 3. The second-order valence-corrected chi connectivity index (χ2v) is 36.1. The van der Waals surface area contributed by atoms with E-state index in [0.29, 0.717) is 237 Å². The molecule has 0 spiro atoms. The Labute approximate surface area is 803 Å². The highest BCUT2D eigenvalue weighted by atomic mass is 16.6. The predicted octanol–water partition coefficient (Wildman–Crippen LogP) is 12.0. The number of nitrogens with zero attached hydrogens (tertiary/aromatic N) is 7. The molecule has 34 heteroatoms. The van der Waals surface area contributed by atoms with Gasteiger partial charge in [0.15, 0.2) is 11.4 Å². The lowest BCUT2D eigenvalue weighted by Crippen LogP contribution is -2.61. The topological polar surface area (TPSA) is 412 Å². The standard InChI is InChI=1S/C58H91NO15.C30H34N8O3.C14H30O7/c1-12-28-71-29-18-22-51(61)72-47-26-24-43(33-50(47)69-10)32-39(5)49-35-46(60)38(4)31-41(7)53(63)54(70-11)52(62)40(6)30-36(2)19-14-13-15-20-37(3)48(68-9)34-44-25-23-42(8)58(67,74-44)55(64)56(65)59-27-17-16-21-45(59)57(66)73-49;1-2-10-40-12-13-41-11-7-25(39)37-9-6-21-14-20(3-4-23(21)18-37)17-38-30-26(28(31)34-19-35-30)27(36-38)24-15-22-5-8-32-29(22)33-16-24;1-15-3-5-17-7-9-19-11-13-21-14-12-20-10-8-18-6-4-16-2/h13-15,19-20,31,36,38-40,42-45,47-50,53-54,63,67H,12,16-18,21-30,32-35H2,1-11H3;3-5,8,14-16,19H,2,6-7,9-13,17-18H2,1H3,(H,32,33)(H2,31,34,35);3-14H2,1-2H3/b15-13+,19-14+,37-20+,41-31+;;/t36-,38-,39-,40-,42-,43+,44+,45+,47-,48+,49+,50-,53-,54+,58-;;/m1../s1. The van der Waals surface area contributed by atoms with Gasteiger partial charge < -0.3 is 107 Å². The van der Waals surface area contributed by atoms with Gasteiger partial charge in [-0.1, -0.05) is 103 Å². The van der Waals surface area contributed by atoms with Crippen molar-refractivity contribution >= 4 is 69.0 Å². The molecular formula is C102H155N9O25. The first-order valence-electron chi connectivity index (χ1n) is 48.8. The van der Waals surface area contributed by atoms with Crippen molar-refractivity contribution in [2.24, 2.45) is 35.5 Å². The molecule has 10 rings (SSSR count). The van der Waals surface area contributed by atoms with Crippen LogP contribution in [0.1, 0.15) is 188 Å². The van der Waals surface area contributed by atoms with E-state index in [9.17, 15) is 43.8 Å². The van der Waals surface area contributed by atoms with Crippen LogP contribution in [-0.4, -0.2) is 313 Å². The van der Waals surface area contributed by atoms with E-state index in [-0.39, 0.29) is 73.1 Å². The normalized spacial score (nSPS) is 25.8. The van der Waals surface area contributed by atoms with Crippen LogP contribution in [0.2, 0.25) is 0 Å². The minimum Gasteiger partial charge on any atom is -0.460 e. The van der Waals surface area contributed by atoms with Gasteiger partial charge in [0.05, 0.1) is 136 Å². The van der Waals surface area contributed by atoms with Crippen LogP contribution in [0.3, 0.4) is 0 Å². The van der Waals surface area contributed by atoms with Crippen molar-refractivity contribution < 1.29 is 120 Å². The fourth-order valence-electron chi connectivity index (χ4n) is 17.6. The number of carbonyl (C=O) groups is 7. The molecule has 136 heavy (non-hydrogen) atoms. The third kappa shape index (κ3) is 36.0. The number of hydrogen-bond donors (Lipinski definition) is 4. The van der Waals surface area contributed by atoms with Gasteiger partial charge >= 0.3 is 11.9 Å². The van der Waals surface area contributed by atoms with Crippen molar-refractivity contribution in [1.82, 2.24) is 39.5 Å². The summed E-state index contributed by atoms with van der Waals surface area (Å²) in [5.41, 5.74) is 14.1. The summed E-state index contributed by atoms with van der Waals surface area (Å²) in [4.78, 5) is 116. The Morgan fingerprint density at radius 3 is 1.99 bits per heavy atom. The van der Waals surface area contributed by atoms with E-state index in [1.807, 2.05) is 92.9 Å². The number of allylic oxidation sites excluding steroid dienone is 6. The number of rotatable bonds is 42. The maximum atomic E-state index is 14.6. The Balaban J connectivity index is 0.000000302. The molecule has 2 amide bonds. The Hall–Kier alpha value is -8.53. The van der Waals surface area contributed by atoms with E-state index < -0.39 is 83.9 Å². The minimum absolute atomic E-state index is 0.00633. The van der Waals surface area contributed by atoms with Crippen LogP contribution in [0, 0.1) is 35.5 Å². The average Bonchev–Trinajstić information content (AvgIpc) is 1.65. The zero-order valence-corrected chi connectivity index (χ0v) is 82.9. The Bertz CT molecular complexity index is 4560. The molecule has 34 nitrogen and oxygen atoms in total. The van der Waals surface area contributed by atoms with E-state index in [1.165, 1.54) is 29.5 Å². The number of aliphatic hydroxyl groups excluding tert-OH is 1. The monoisotopic (exact) mass is 1910 g/mol. The molecule has 8 heterocycles. The number of fused-ring (bicyclic) bond motifs is 6. The molecule has 0 radical (unpaired) electrons. The number of cyclic esters (lactones) is 1. The lowest BCUT2D eigenvalue weighted by atomic mass is 9.78. The van der Waals surface area contributed by atoms with Gasteiger partial charge in [0.25, 0.3) is 11.7 Å². The maximum absolute atomic E-state index is 14.6. The number of pyridine rings is 1. The lowest BCUT2D eigenvalue weighted by Gasteiger charge is -2.42. The minimum atomic E-state index is -2.45. The van der Waals surface area contributed by atoms with Crippen LogP contribution in [-0.2, 0) is 129 Å². The van der Waals surface area contributed by atoms with Gasteiger partial charge in [-0.3, -0.25) is 28.8 Å². The summed E-state index contributed by atoms with van der Waals surface area (Å²) in [7, 11) is 7.84. The molecule has 0 unspecified atom stereocenters. The molecule has 758 valence electrons. The Morgan fingerprint density at radius 2 is 1.34 bits per heavy atom. The summed E-state index contributed by atoms with van der Waals surface area (Å²) in [5.74, 6) is -8.03. The Morgan fingerprint density at radius 1 is 0.676 bits per heavy atom. The molecule has 1 aliphatic carbocycles. The largest absolute Gasteiger partial charge is 0.460 e. The summed E-state index contributed by atoms with van der Waals surface area (Å²) in [6, 6.07) is 9.27. The van der Waals surface area contributed by atoms with Crippen molar-refractivity contribution in [3.05, 3.63) is 113 Å². The van der Waals surface area contributed by atoms with Crippen LogP contribution in [0.25, 0.3) is 33.3 Å². The highest BCUT2D eigenvalue weighted by molar-refractivity contribution is 6.39. The zero-order chi connectivity index (χ0) is 98.3. The third-order valence-corrected chi connectivity index (χ3v) is 25.5. The summed E-state index contributed by atoms with van der Waals surface area (Å²) < 4.78 is 90.3. The summed E-state index contributed by atoms with van der Waals surface area (Å²) >= 11 is 0. The quantitative estimate of drug-likeness (QED) is 0.0122. The molecule has 1 aromatic carbocycles. The summed E-state index contributed by atoms with van der Waals surface area (Å²) in [6.45, 7) is 29.0. The average molecular weight is 1910 g/mol. The molecule has 5 aliphatic rings. The molecule has 5 aromatic rings. The number of amides is 2. The number of benzene rings is 1. The highest BCUT2D eigenvalue weighted by Gasteiger charge is 2.53. The van der Waals surface area contributed by atoms with E-state index in [4.69, 9.17) is 86.6 Å². The van der Waals surface area contributed by atoms with Crippen molar-refractivity contribution in [2.75, 3.05) is 173 Å². The summed E-state index contributed by atoms with van der Waals surface area (Å²) in [5, 5.41) is 30.2. The van der Waals surface area contributed by atoms with Crippen molar-refractivity contribution in [3.8, 4) is 11.3 Å². The van der Waals surface area contributed by atoms with Crippen LogP contribution >= 0.6 is 0 Å². The van der Waals surface area contributed by atoms with Gasteiger partial charge in [-0.2, -0.15) is 5.10 Å². The van der Waals surface area contributed by atoms with Crippen LogP contribution in [0.15, 0.2) is 96.7 Å². The number of ether oxygens (including phenoxy) is 16. The van der Waals surface area contributed by atoms with Gasteiger partial charge in [0.2, 0.25) is 11.7 Å². The molecule has 5 N–H and O–H groups in total. The third-order valence-electron chi connectivity index (χ3n) is 25.5. The van der Waals surface area contributed by atoms with E-state index >= 15 is 0 Å². The zero-order valence-electron chi connectivity index (χ0n) is 82.9. The second-order valence-electron chi connectivity index (χ2n) is 36.1. The van der Waals surface area contributed by atoms with Crippen molar-refractivity contribution in [2.45, 2.75) is 246 Å². The van der Waals surface area contributed by atoms with E-state index in [1.54, 1.807) is 61.5 Å². The number of methoxy groups -OCH3 is 5. The molecule has 15 atom stereocenters. The van der Waals surface area contributed by atoms with Crippen LogP contribution in [0.4, 0.5) is 5.82 Å². The van der Waals surface area contributed by atoms with Gasteiger partial charge in [0.1, 0.15) is 59.7 Å². The van der Waals surface area contributed by atoms with Gasteiger partial charge in [-0.05, 0) is 161 Å². The number of aromatic amines is 1. The van der Waals surface area contributed by atoms with E-state index in [0.717, 1.165) is 53.6 Å². The number of anilines is 1. The first-order valence-corrected chi connectivity index (χ1v) is 48.8. The molecule has 2 bridgehead atoms. The first-order chi connectivity index (χ1) is 65.7. The number of carbonyl (C=O) groups excluding carboxylic acids is 7. The highest BCUT2D eigenvalue weighted by Crippen LogP contribution is 2.40. The maximum Gasteiger partial charge on any atom is 0.329 e. The molecule has 3 fully saturated rings. The fourth-order valence-corrected chi connectivity index (χ4v) is 17.6. The Kier molecular flexibility index (Phi) is 50.7. The molecular weight excluding hydrogens is 1750 g/mol. The molecule has 1 saturated carbocycles. The number of esters is 2.